The van der Waals surface area contributed by atoms with Crippen LogP contribution in [0.5, 0.6) is 0 Å². The van der Waals surface area contributed by atoms with E-state index in [0.717, 1.165) is 13.0 Å². The van der Waals surface area contributed by atoms with E-state index in [-0.39, 0.29) is 6.04 Å². The van der Waals surface area contributed by atoms with Crippen LogP contribution in [-0.4, -0.2) is 24.0 Å². The van der Waals surface area contributed by atoms with Gasteiger partial charge in [-0.1, -0.05) is 37.1 Å². The first-order valence-corrected chi connectivity index (χ1v) is 7.20. The van der Waals surface area contributed by atoms with Crippen molar-refractivity contribution in [2.75, 3.05) is 13.1 Å². The van der Waals surface area contributed by atoms with Gasteiger partial charge in [0, 0.05) is 6.04 Å². The number of hydrogen-bond donors (Lipinski definition) is 1. The van der Waals surface area contributed by atoms with E-state index in [9.17, 15) is 0 Å². The third kappa shape index (κ3) is 2.76. The van der Waals surface area contributed by atoms with E-state index >= 15 is 0 Å². The zero-order valence-corrected chi connectivity index (χ0v) is 11.9. The Bertz CT molecular complexity index is 400. The van der Waals surface area contributed by atoms with Crippen LogP contribution in [0.2, 0.25) is 0 Å². The molecule has 2 N–H and O–H groups in total. The number of rotatable bonds is 2. The number of aryl methyl sites for hydroxylation is 2. The Morgan fingerprint density at radius 3 is 2.72 bits per heavy atom. The highest BCUT2D eigenvalue weighted by Crippen LogP contribution is 2.31. The molecule has 0 amide bonds. The first-order valence-electron chi connectivity index (χ1n) is 7.20. The Kier molecular flexibility index (Phi) is 4.41. The van der Waals surface area contributed by atoms with Crippen LogP contribution in [0.1, 0.15) is 48.9 Å². The van der Waals surface area contributed by atoms with Crippen molar-refractivity contribution in [3.63, 3.8) is 0 Å². The Hall–Kier alpha value is -0.860. The van der Waals surface area contributed by atoms with E-state index in [0.29, 0.717) is 6.04 Å². The zero-order chi connectivity index (χ0) is 13.1. The molecule has 2 rings (SSSR count). The van der Waals surface area contributed by atoms with E-state index in [4.69, 9.17) is 5.73 Å². The average molecular weight is 246 g/mol. The summed E-state index contributed by atoms with van der Waals surface area (Å²) < 4.78 is 0. The van der Waals surface area contributed by atoms with Gasteiger partial charge in [-0.3, -0.25) is 4.90 Å². The minimum absolute atomic E-state index is 0.272. The summed E-state index contributed by atoms with van der Waals surface area (Å²) in [5.74, 6) is 0. The summed E-state index contributed by atoms with van der Waals surface area (Å²) in [5.41, 5.74) is 10.6. The van der Waals surface area contributed by atoms with Crippen molar-refractivity contribution in [2.45, 2.75) is 52.1 Å². The minimum atomic E-state index is 0.272. The van der Waals surface area contributed by atoms with Gasteiger partial charge in [-0.2, -0.15) is 0 Å². The van der Waals surface area contributed by atoms with Crippen LogP contribution < -0.4 is 5.73 Å². The van der Waals surface area contributed by atoms with Crippen molar-refractivity contribution in [3.8, 4) is 0 Å². The molecule has 0 aliphatic carbocycles. The molecule has 0 aromatic heterocycles. The monoisotopic (exact) mass is 246 g/mol. The second-order valence-corrected chi connectivity index (χ2v) is 5.59. The van der Waals surface area contributed by atoms with Crippen LogP contribution >= 0.6 is 0 Å². The second kappa shape index (κ2) is 5.85. The molecule has 100 valence electrons. The predicted octanol–water partition coefficient (Wildman–Crippen LogP) is 3.18. The van der Waals surface area contributed by atoms with Gasteiger partial charge >= 0.3 is 0 Å². The van der Waals surface area contributed by atoms with Gasteiger partial charge in [-0.05, 0) is 50.9 Å². The Morgan fingerprint density at radius 2 is 2.06 bits per heavy atom. The van der Waals surface area contributed by atoms with Gasteiger partial charge in [0.1, 0.15) is 0 Å². The van der Waals surface area contributed by atoms with Crippen LogP contribution in [-0.2, 0) is 0 Å². The van der Waals surface area contributed by atoms with Gasteiger partial charge in [0.2, 0.25) is 0 Å². The maximum Gasteiger partial charge on any atom is 0.0501 e. The third-order valence-electron chi connectivity index (χ3n) is 4.18. The molecular formula is C16H26N2. The predicted molar refractivity (Wildman–Crippen MR) is 77.7 cm³/mol. The van der Waals surface area contributed by atoms with Gasteiger partial charge in [0.05, 0.1) is 6.04 Å². The summed E-state index contributed by atoms with van der Waals surface area (Å²) in [6.07, 6.45) is 3.69. The Labute approximate surface area is 111 Å². The molecule has 0 spiro atoms. The molecule has 1 aliphatic heterocycles. The van der Waals surface area contributed by atoms with Gasteiger partial charge in [0.25, 0.3) is 0 Å². The van der Waals surface area contributed by atoms with Crippen molar-refractivity contribution in [1.82, 2.24) is 4.90 Å². The standard InChI is InChI=1S/C16H26N2/c1-4-18-10-6-5-7-15(17)16(18)14-9-8-12(2)11-13(14)3/h8-9,11,15-16H,4-7,10,17H2,1-3H3. The number of hydrogen-bond acceptors (Lipinski definition) is 2. The molecule has 1 aliphatic rings. The van der Waals surface area contributed by atoms with Gasteiger partial charge in [0.15, 0.2) is 0 Å². The summed E-state index contributed by atoms with van der Waals surface area (Å²) in [5, 5.41) is 0. The fourth-order valence-corrected chi connectivity index (χ4v) is 3.20. The summed E-state index contributed by atoms with van der Waals surface area (Å²) >= 11 is 0. The highest BCUT2D eigenvalue weighted by molar-refractivity contribution is 5.34. The molecule has 2 unspecified atom stereocenters. The summed E-state index contributed by atoms with van der Waals surface area (Å²) in [4.78, 5) is 2.55. The molecule has 2 atom stereocenters. The highest BCUT2D eigenvalue weighted by Gasteiger charge is 2.28. The van der Waals surface area contributed by atoms with Crippen molar-refractivity contribution in [2.24, 2.45) is 5.73 Å². The highest BCUT2D eigenvalue weighted by atomic mass is 15.2. The first-order chi connectivity index (χ1) is 8.63. The van der Waals surface area contributed by atoms with E-state index in [1.807, 2.05) is 0 Å². The molecule has 1 saturated heterocycles. The molecule has 0 bridgehead atoms. The number of benzene rings is 1. The summed E-state index contributed by atoms with van der Waals surface area (Å²) in [6, 6.07) is 7.45. The number of nitrogens with zero attached hydrogens (tertiary/aromatic N) is 1. The van der Waals surface area contributed by atoms with Gasteiger partial charge in [-0.15, -0.1) is 0 Å². The molecule has 1 aromatic carbocycles. The van der Waals surface area contributed by atoms with Crippen LogP contribution in [0.3, 0.4) is 0 Å². The molecule has 0 saturated carbocycles. The van der Waals surface area contributed by atoms with Crippen LogP contribution in [0.4, 0.5) is 0 Å². The SMILES string of the molecule is CCN1CCCCC(N)C1c1ccc(C)cc1C. The first kappa shape index (κ1) is 13.6. The van der Waals surface area contributed by atoms with Crippen molar-refractivity contribution in [3.05, 3.63) is 34.9 Å². The lowest BCUT2D eigenvalue weighted by Crippen LogP contribution is -2.40. The molecule has 2 heteroatoms. The van der Waals surface area contributed by atoms with Crippen LogP contribution in [0.25, 0.3) is 0 Å². The molecular weight excluding hydrogens is 220 g/mol. The van der Waals surface area contributed by atoms with Gasteiger partial charge < -0.3 is 5.73 Å². The number of likely N-dealkylation sites (tertiary alicyclic amines) is 1. The second-order valence-electron chi connectivity index (χ2n) is 5.59. The van der Waals surface area contributed by atoms with Crippen molar-refractivity contribution < 1.29 is 0 Å². The minimum Gasteiger partial charge on any atom is -0.326 e. The fourth-order valence-electron chi connectivity index (χ4n) is 3.20. The lowest BCUT2D eigenvalue weighted by molar-refractivity contribution is 0.195. The zero-order valence-electron chi connectivity index (χ0n) is 11.9. The van der Waals surface area contributed by atoms with Crippen molar-refractivity contribution >= 4 is 0 Å². The van der Waals surface area contributed by atoms with Crippen molar-refractivity contribution in [1.29, 1.82) is 0 Å². The Morgan fingerprint density at radius 1 is 1.28 bits per heavy atom. The van der Waals surface area contributed by atoms with E-state index in [1.54, 1.807) is 0 Å². The molecule has 1 aromatic rings. The number of nitrogens with two attached hydrogens (primary N) is 1. The Balaban J connectivity index is 2.36. The maximum absolute atomic E-state index is 6.44. The third-order valence-corrected chi connectivity index (χ3v) is 4.18. The maximum atomic E-state index is 6.44. The molecule has 0 radical (unpaired) electrons. The quantitative estimate of drug-likeness (QED) is 0.868. The lowest BCUT2D eigenvalue weighted by Gasteiger charge is -2.34. The van der Waals surface area contributed by atoms with Gasteiger partial charge in [-0.25, -0.2) is 0 Å². The van der Waals surface area contributed by atoms with E-state index < -0.39 is 0 Å². The summed E-state index contributed by atoms with van der Waals surface area (Å²) in [7, 11) is 0. The van der Waals surface area contributed by atoms with E-state index in [1.165, 1.54) is 36.1 Å². The molecule has 1 fully saturated rings. The summed E-state index contributed by atoms with van der Waals surface area (Å²) in [6.45, 7) is 8.89. The fraction of sp³-hybridized carbons (Fsp3) is 0.625. The largest absolute Gasteiger partial charge is 0.326 e. The lowest BCUT2D eigenvalue weighted by atomic mass is 9.92. The molecule has 18 heavy (non-hydrogen) atoms. The molecule has 2 nitrogen and oxygen atoms in total. The van der Waals surface area contributed by atoms with Crippen LogP contribution in [0.15, 0.2) is 18.2 Å². The normalized spacial score (nSPS) is 26.0. The van der Waals surface area contributed by atoms with Crippen LogP contribution in [0, 0.1) is 13.8 Å². The smallest absolute Gasteiger partial charge is 0.0501 e. The topological polar surface area (TPSA) is 29.3 Å². The average Bonchev–Trinajstić information content (AvgIpc) is 2.51. The van der Waals surface area contributed by atoms with E-state index in [2.05, 4.69) is 43.9 Å². The molecule has 1 heterocycles. The number of likely N-dealkylation sites (N-methyl/N-ethyl adjacent to an activating group) is 1.